The zero-order valence-corrected chi connectivity index (χ0v) is 17.4. The maximum absolute atomic E-state index is 12.1. The summed E-state index contributed by atoms with van der Waals surface area (Å²) in [5, 5.41) is 9.75. The van der Waals surface area contributed by atoms with Crippen LogP contribution in [0.1, 0.15) is 5.69 Å². The fourth-order valence-electron chi connectivity index (χ4n) is 2.66. The molecule has 0 atom stereocenters. The summed E-state index contributed by atoms with van der Waals surface area (Å²) < 4.78 is 0. The van der Waals surface area contributed by atoms with Crippen molar-refractivity contribution in [1.29, 1.82) is 0 Å². The van der Waals surface area contributed by atoms with E-state index in [0.29, 0.717) is 18.0 Å². The molecule has 5 nitrogen and oxygen atoms in total. The number of rotatable bonds is 6. The number of benzene rings is 1. The molecule has 1 aromatic carbocycles. The molecule has 1 aliphatic rings. The lowest BCUT2D eigenvalue weighted by Crippen LogP contribution is -2.46. The monoisotopic (exact) mass is 436 g/mol. The second-order valence-electron chi connectivity index (χ2n) is 5.74. The van der Waals surface area contributed by atoms with E-state index in [0.717, 1.165) is 49.0 Å². The molecule has 1 amide bonds. The largest absolute Gasteiger partial charge is 0.354 e. The van der Waals surface area contributed by atoms with Crippen LogP contribution in [0, 0.1) is 0 Å². The van der Waals surface area contributed by atoms with Crippen LogP contribution in [0.15, 0.2) is 29.6 Å². The van der Waals surface area contributed by atoms with Crippen molar-refractivity contribution in [2.24, 2.45) is 0 Å². The number of amides is 1. The number of hydrogen-bond donors (Lipinski definition) is 2. The van der Waals surface area contributed by atoms with Crippen LogP contribution in [0.3, 0.4) is 0 Å². The number of thiazole rings is 1. The quantitative estimate of drug-likeness (QED) is 0.729. The molecule has 2 aromatic rings. The van der Waals surface area contributed by atoms with Crippen LogP contribution in [-0.4, -0.2) is 55.1 Å². The van der Waals surface area contributed by atoms with Gasteiger partial charge in [0.05, 0.1) is 17.1 Å². The van der Waals surface area contributed by atoms with Gasteiger partial charge in [-0.05, 0) is 6.07 Å². The molecule has 144 valence electrons. The van der Waals surface area contributed by atoms with E-state index < -0.39 is 0 Å². The summed E-state index contributed by atoms with van der Waals surface area (Å²) in [6.45, 7) is 5.72. The van der Waals surface area contributed by atoms with Crippen molar-refractivity contribution in [2.45, 2.75) is 6.42 Å². The van der Waals surface area contributed by atoms with Crippen molar-refractivity contribution < 1.29 is 4.79 Å². The third-order valence-electron chi connectivity index (χ3n) is 3.96. The van der Waals surface area contributed by atoms with Gasteiger partial charge < -0.3 is 10.6 Å². The highest BCUT2D eigenvalue weighted by molar-refractivity contribution is 7.13. The van der Waals surface area contributed by atoms with Crippen LogP contribution in [0.5, 0.6) is 0 Å². The zero-order valence-electron chi connectivity index (χ0n) is 14.2. The van der Waals surface area contributed by atoms with Gasteiger partial charge in [0.2, 0.25) is 5.91 Å². The standard InChI is InChI=1S/C17H21ClN4OS.2ClH/c18-15-4-2-1-3-14(15)17-21-13(12-24-17)11-16(23)20-7-10-22-8-5-19-6-9-22;;/h1-4,12,19H,5-11H2,(H,20,23);2*1H. The predicted molar refractivity (Wildman–Crippen MR) is 113 cm³/mol. The highest BCUT2D eigenvalue weighted by Crippen LogP contribution is 2.30. The third kappa shape index (κ3) is 6.68. The van der Waals surface area contributed by atoms with Crippen molar-refractivity contribution in [3.63, 3.8) is 0 Å². The second-order valence-corrected chi connectivity index (χ2v) is 7.01. The lowest BCUT2D eigenvalue weighted by Gasteiger charge is -2.27. The average molecular weight is 438 g/mol. The van der Waals surface area contributed by atoms with Crippen molar-refractivity contribution >= 4 is 53.7 Å². The molecule has 26 heavy (non-hydrogen) atoms. The summed E-state index contributed by atoms with van der Waals surface area (Å²) in [5.41, 5.74) is 1.70. The molecule has 0 spiro atoms. The fourth-order valence-corrected chi connectivity index (χ4v) is 3.80. The molecule has 1 fully saturated rings. The number of carbonyl (C=O) groups excluding carboxylic acids is 1. The number of aromatic nitrogens is 1. The highest BCUT2D eigenvalue weighted by Gasteiger charge is 2.12. The summed E-state index contributed by atoms with van der Waals surface area (Å²) >= 11 is 7.71. The van der Waals surface area contributed by atoms with E-state index in [-0.39, 0.29) is 30.7 Å². The third-order valence-corrected chi connectivity index (χ3v) is 5.21. The molecule has 1 aromatic heterocycles. The fraction of sp³-hybridized carbons (Fsp3) is 0.412. The highest BCUT2D eigenvalue weighted by atomic mass is 35.5. The van der Waals surface area contributed by atoms with Crippen molar-refractivity contribution in [2.75, 3.05) is 39.3 Å². The Hall–Kier alpha value is -0.890. The topological polar surface area (TPSA) is 57.3 Å². The molecule has 2 heterocycles. The van der Waals surface area contributed by atoms with Gasteiger partial charge in [-0.3, -0.25) is 9.69 Å². The predicted octanol–water partition coefficient (Wildman–Crippen LogP) is 2.87. The second kappa shape index (κ2) is 11.7. The minimum atomic E-state index is 0. The van der Waals surface area contributed by atoms with Gasteiger partial charge in [0.25, 0.3) is 0 Å². The van der Waals surface area contributed by atoms with Gasteiger partial charge in [-0.15, -0.1) is 36.2 Å². The average Bonchev–Trinajstić information content (AvgIpc) is 3.04. The molecular weight excluding hydrogens is 415 g/mol. The van der Waals surface area contributed by atoms with Crippen molar-refractivity contribution in [3.8, 4) is 10.6 Å². The van der Waals surface area contributed by atoms with E-state index in [1.165, 1.54) is 11.3 Å². The summed E-state index contributed by atoms with van der Waals surface area (Å²) in [7, 11) is 0. The molecule has 2 N–H and O–H groups in total. The van der Waals surface area contributed by atoms with E-state index >= 15 is 0 Å². The van der Waals surface area contributed by atoms with E-state index in [4.69, 9.17) is 11.6 Å². The summed E-state index contributed by atoms with van der Waals surface area (Å²) in [6.07, 6.45) is 0.308. The first-order valence-electron chi connectivity index (χ1n) is 8.11. The molecule has 0 aliphatic carbocycles. The molecule has 0 bridgehead atoms. The first-order valence-corrected chi connectivity index (χ1v) is 9.37. The number of carbonyl (C=O) groups is 1. The number of halogens is 3. The van der Waals surface area contributed by atoms with Gasteiger partial charge in [0.1, 0.15) is 5.01 Å². The minimum Gasteiger partial charge on any atom is -0.354 e. The van der Waals surface area contributed by atoms with Gasteiger partial charge in [-0.2, -0.15) is 0 Å². The van der Waals surface area contributed by atoms with Crippen LogP contribution in [0.2, 0.25) is 5.02 Å². The molecule has 3 rings (SSSR count). The molecule has 9 heteroatoms. The number of hydrogen-bond acceptors (Lipinski definition) is 5. The van der Waals surface area contributed by atoms with E-state index in [1.807, 2.05) is 29.6 Å². The van der Waals surface area contributed by atoms with Crippen LogP contribution >= 0.6 is 47.8 Å². The Kier molecular flexibility index (Phi) is 10.5. The van der Waals surface area contributed by atoms with E-state index in [1.54, 1.807) is 0 Å². The molecule has 1 aliphatic heterocycles. The summed E-state index contributed by atoms with van der Waals surface area (Å²) in [6, 6.07) is 7.62. The number of nitrogens with zero attached hydrogens (tertiary/aromatic N) is 2. The molecule has 0 unspecified atom stereocenters. The van der Waals surface area contributed by atoms with Gasteiger partial charge in [0, 0.05) is 50.2 Å². The number of piperazine rings is 1. The Morgan fingerprint density at radius 2 is 2.00 bits per heavy atom. The zero-order chi connectivity index (χ0) is 16.8. The first-order chi connectivity index (χ1) is 11.7. The van der Waals surface area contributed by atoms with Crippen molar-refractivity contribution in [3.05, 3.63) is 40.4 Å². The van der Waals surface area contributed by atoms with Gasteiger partial charge in [-0.1, -0.05) is 29.8 Å². The van der Waals surface area contributed by atoms with Gasteiger partial charge >= 0.3 is 0 Å². The van der Waals surface area contributed by atoms with Crippen molar-refractivity contribution in [1.82, 2.24) is 20.5 Å². The lowest BCUT2D eigenvalue weighted by atomic mass is 10.2. The van der Waals surface area contributed by atoms with Gasteiger partial charge in [0.15, 0.2) is 0 Å². The smallest absolute Gasteiger partial charge is 0.226 e. The van der Waals surface area contributed by atoms with E-state index in [9.17, 15) is 4.79 Å². The molecule has 0 saturated carbocycles. The summed E-state index contributed by atoms with van der Waals surface area (Å²) in [4.78, 5) is 19.0. The van der Waals surface area contributed by atoms with Crippen LogP contribution in [0.4, 0.5) is 0 Å². The molecule has 1 saturated heterocycles. The normalized spacial score (nSPS) is 14.2. The maximum Gasteiger partial charge on any atom is 0.226 e. The lowest BCUT2D eigenvalue weighted by molar-refractivity contribution is -0.120. The van der Waals surface area contributed by atoms with E-state index in [2.05, 4.69) is 20.5 Å². The molecular formula is C17H23Cl3N4OS. The number of nitrogens with one attached hydrogen (secondary N) is 2. The Labute approximate surface area is 175 Å². The Morgan fingerprint density at radius 3 is 2.73 bits per heavy atom. The SMILES string of the molecule is Cl.Cl.O=C(Cc1csc(-c2ccccc2Cl)n1)NCCN1CCNCC1. The first kappa shape index (κ1) is 23.1. The van der Waals surface area contributed by atoms with Gasteiger partial charge in [-0.25, -0.2) is 4.98 Å². The maximum atomic E-state index is 12.1. The van der Waals surface area contributed by atoms with Crippen LogP contribution < -0.4 is 10.6 Å². The minimum absolute atomic E-state index is 0. The van der Waals surface area contributed by atoms with Crippen LogP contribution in [-0.2, 0) is 11.2 Å². The molecule has 0 radical (unpaired) electrons. The van der Waals surface area contributed by atoms with Crippen LogP contribution in [0.25, 0.3) is 10.6 Å². The Bertz CT molecular complexity index is 692. The Balaban J connectivity index is 0.00000169. The summed E-state index contributed by atoms with van der Waals surface area (Å²) in [5.74, 6) is 0.0149. The Morgan fingerprint density at radius 1 is 1.27 bits per heavy atom.